The molecule has 8 heteroatoms. The zero-order chi connectivity index (χ0) is 17.8. The number of hydrogen-bond acceptors (Lipinski definition) is 3. The molecule has 0 amide bonds. The molecule has 0 fully saturated rings. The van der Waals surface area contributed by atoms with E-state index in [-0.39, 0.29) is 23.6 Å². The smallest absolute Gasteiger partial charge is 0.397 e. The lowest BCUT2D eigenvalue weighted by atomic mass is 9.82. The van der Waals surface area contributed by atoms with Crippen LogP contribution in [-0.2, 0) is 14.9 Å². The van der Waals surface area contributed by atoms with E-state index in [2.05, 4.69) is 4.84 Å². The molecule has 0 bridgehead atoms. The summed E-state index contributed by atoms with van der Waals surface area (Å²) < 4.78 is 44.5. The van der Waals surface area contributed by atoms with Crippen LogP contribution in [0, 0.1) is 0 Å². The Morgan fingerprint density at radius 1 is 1.30 bits per heavy atom. The average molecular weight is 372 g/mol. The van der Waals surface area contributed by atoms with Gasteiger partial charge >= 0.3 is 12.1 Å². The number of ether oxygens (including phenoxy) is 1. The molecule has 0 aromatic heterocycles. The van der Waals surface area contributed by atoms with Crippen LogP contribution < -0.4 is 4.84 Å². The lowest BCUT2D eigenvalue weighted by Crippen LogP contribution is -2.36. The summed E-state index contributed by atoms with van der Waals surface area (Å²) in [6.07, 6.45) is -4.57. The summed E-state index contributed by atoms with van der Waals surface area (Å²) in [6, 6.07) is 3.36. The Hall–Kier alpha value is -0.980. The zero-order valence-corrected chi connectivity index (χ0v) is 14.4. The number of esters is 1. The van der Waals surface area contributed by atoms with Gasteiger partial charge in [-0.3, -0.25) is 4.79 Å². The Bertz CT molecular complexity index is 562. The number of carbonyl (C=O) groups is 1. The molecule has 0 aliphatic heterocycles. The van der Waals surface area contributed by atoms with Gasteiger partial charge in [0.15, 0.2) is 0 Å². The van der Waals surface area contributed by atoms with Crippen LogP contribution in [0.2, 0.25) is 5.02 Å². The SMILES string of the molecule is CCOC(=O)C[C@H](NCl)c1cc(Cl)cc(C(C)(C)C(F)(F)F)c1. The van der Waals surface area contributed by atoms with E-state index in [1.807, 2.05) is 0 Å². The topological polar surface area (TPSA) is 38.3 Å². The van der Waals surface area contributed by atoms with Crippen molar-refractivity contribution in [2.75, 3.05) is 6.61 Å². The minimum atomic E-state index is -4.44. The van der Waals surface area contributed by atoms with Crippen LogP contribution in [-0.4, -0.2) is 18.8 Å². The molecule has 1 atom stereocenters. The van der Waals surface area contributed by atoms with Crippen molar-refractivity contribution >= 4 is 29.3 Å². The summed E-state index contributed by atoms with van der Waals surface area (Å²) in [4.78, 5) is 14.0. The number of nitrogens with one attached hydrogen (secondary N) is 1. The van der Waals surface area contributed by atoms with E-state index in [9.17, 15) is 18.0 Å². The molecule has 130 valence electrons. The predicted octanol–water partition coefficient (Wildman–Crippen LogP) is 4.92. The van der Waals surface area contributed by atoms with Crippen molar-refractivity contribution in [2.45, 2.75) is 44.8 Å². The van der Waals surface area contributed by atoms with Crippen LogP contribution in [0.3, 0.4) is 0 Å². The van der Waals surface area contributed by atoms with Crippen LogP contribution in [0.4, 0.5) is 13.2 Å². The van der Waals surface area contributed by atoms with Crippen LogP contribution >= 0.6 is 23.4 Å². The van der Waals surface area contributed by atoms with E-state index >= 15 is 0 Å². The third kappa shape index (κ3) is 4.99. The predicted molar refractivity (Wildman–Crippen MR) is 83.5 cm³/mol. The van der Waals surface area contributed by atoms with Gasteiger partial charge in [0.25, 0.3) is 0 Å². The molecule has 0 unspecified atom stereocenters. The molecule has 0 aliphatic carbocycles. The third-order valence-electron chi connectivity index (χ3n) is 3.56. The highest BCUT2D eigenvalue weighted by atomic mass is 35.5. The Labute approximate surface area is 143 Å². The first-order chi connectivity index (χ1) is 10.5. The minimum Gasteiger partial charge on any atom is -0.466 e. The molecule has 3 nitrogen and oxygen atoms in total. The lowest BCUT2D eigenvalue weighted by molar-refractivity contribution is -0.180. The second-order valence-electron chi connectivity index (χ2n) is 5.57. The second-order valence-corrected chi connectivity index (χ2v) is 6.22. The van der Waals surface area contributed by atoms with Crippen LogP contribution in [0.25, 0.3) is 0 Å². The molecule has 1 rings (SSSR count). The molecule has 0 saturated heterocycles. The molecular formula is C15H18Cl2F3NO2. The van der Waals surface area contributed by atoms with Gasteiger partial charge in [0.05, 0.1) is 24.5 Å². The van der Waals surface area contributed by atoms with Crippen molar-refractivity contribution in [3.05, 3.63) is 34.3 Å². The number of benzene rings is 1. The largest absolute Gasteiger partial charge is 0.466 e. The highest BCUT2D eigenvalue weighted by Gasteiger charge is 2.48. The van der Waals surface area contributed by atoms with Crippen molar-refractivity contribution in [3.8, 4) is 0 Å². The van der Waals surface area contributed by atoms with Crippen molar-refractivity contribution in [2.24, 2.45) is 0 Å². The maximum absolute atomic E-state index is 13.2. The summed E-state index contributed by atoms with van der Waals surface area (Å²) >= 11 is 11.6. The molecule has 0 spiro atoms. The molecular weight excluding hydrogens is 354 g/mol. The quantitative estimate of drug-likeness (QED) is 0.569. The minimum absolute atomic E-state index is 0.00623. The fourth-order valence-corrected chi connectivity index (χ4v) is 2.39. The van der Waals surface area contributed by atoms with Gasteiger partial charge in [0.2, 0.25) is 0 Å². The molecule has 23 heavy (non-hydrogen) atoms. The fourth-order valence-electron chi connectivity index (χ4n) is 1.94. The fraction of sp³-hybridized carbons (Fsp3) is 0.533. The maximum Gasteiger partial charge on any atom is 0.397 e. The highest BCUT2D eigenvalue weighted by molar-refractivity contribution is 6.30. The molecule has 0 heterocycles. The zero-order valence-electron chi connectivity index (χ0n) is 12.9. The van der Waals surface area contributed by atoms with Gasteiger partial charge in [-0.15, -0.1) is 0 Å². The van der Waals surface area contributed by atoms with Crippen LogP contribution in [0.1, 0.15) is 44.4 Å². The first kappa shape index (κ1) is 20.1. The molecule has 1 N–H and O–H groups in total. The van der Waals surface area contributed by atoms with E-state index in [4.69, 9.17) is 28.1 Å². The van der Waals surface area contributed by atoms with Gasteiger partial charge in [-0.25, -0.2) is 4.84 Å². The normalized spacial score (nSPS) is 13.7. The lowest BCUT2D eigenvalue weighted by Gasteiger charge is -2.29. The van der Waals surface area contributed by atoms with Gasteiger partial charge in [0, 0.05) is 5.02 Å². The summed E-state index contributed by atoms with van der Waals surface area (Å²) in [5.74, 6) is -0.512. The van der Waals surface area contributed by atoms with E-state index in [0.717, 1.165) is 13.8 Å². The van der Waals surface area contributed by atoms with Gasteiger partial charge in [-0.2, -0.15) is 13.2 Å². The number of carbonyl (C=O) groups excluding carboxylic acids is 1. The molecule has 1 aromatic rings. The summed E-state index contributed by atoms with van der Waals surface area (Å²) in [5, 5.41) is 0.135. The molecule has 1 aromatic carbocycles. The standard InChI is InChI=1S/C15H18Cl2F3NO2/c1-4-23-13(22)8-12(21-17)9-5-10(7-11(16)6-9)14(2,3)15(18,19)20/h5-7,12,21H,4,8H2,1-3H3/t12-/m0/s1. The van der Waals surface area contributed by atoms with E-state index in [1.165, 1.54) is 18.2 Å². The summed E-state index contributed by atoms with van der Waals surface area (Å²) in [5.41, 5.74) is -1.71. The second kappa shape index (κ2) is 7.73. The van der Waals surface area contributed by atoms with Gasteiger partial charge in [-0.1, -0.05) is 17.7 Å². The van der Waals surface area contributed by atoms with Gasteiger partial charge in [0.1, 0.15) is 0 Å². The average Bonchev–Trinajstić information content (AvgIpc) is 2.43. The van der Waals surface area contributed by atoms with Crippen LogP contribution in [0.15, 0.2) is 18.2 Å². The van der Waals surface area contributed by atoms with E-state index in [1.54, 1.807) is 6.92 Å². The first-order valence-electron chi connectivity index (χ1n) is 6.92. The Morgan fingerprint density at radius 3 is 2.39 bits per heavy atom. The molecule has 0 radical (unpaired) electrons. The Morgan fingerprint density at radius 2 is 1.91 bits per heavy atom. The van der Waals surface area contributed by atoms with Crippen molar-refractivity contribution < 1.29 is 22.7 Å². The van der Waals surface area contributed by atoms with Gasteiger partial charge < -0.3 is 4.74 Å². The van der Waals surface area contributed by atoms with Crippen molar-refractivity contribution in [1.82, 2.24) is 4.84 Å². The Kier molecular flexibility index (Phi) is 6.74. The summed E-state index contributed by atoms with van der Waals surface area (Å²) in [7, 11) is 0. The summed E-state index contributed by atoms with van der Waals surface area (Å²) in [6.45, 7) is 3.99. The van der Waals surface area contributed by atoms with Crippen molar-refractivity contribution in [1.29, 1.82) is 0 Å². The Balaban J connectivity index is 3.20. The van der Waals surface area contributed by atoms with Gasteiger partial charge in [-0.05, 0) is 55.8 Å². The number of rotatable bonds is 6. The van der Waals surface area contributed by atoms with E-state index in [0.29, 0.717) is 5.56 Å². The first-order valence-corrected chi connectivity index (χ1v) is 7.68. The van der Waals surface area contributed by atoms with Crippen LogP contribution in [0.5, 0.6) is 0 Å². The highest BCUT2D eigenvalue weighted by Crippen LogP contribution is 2.42. The van der Waals surface area contributed by atoms with Crippen molar-refractivity contribution in [3.63, 3.8) is 0 Å². The number of hydrogen-bond donors (Lipinski definition) is 1. The third-order valence-corrected chi connectivity index (χ3v) is 4.04. The molecule has 0 aliphatic rings. The monoisotopic (exact) mass is 371 g/mol. The molecule has 0 saturated carbocycles. The number of halogens is 5. The van der Waals surface area contributed by atoms with E-state index < -0.39 is 23.6 Å². The maximum atomic E-state index is 13.2. The number of alkyl halides is 3.